The van der Waals surface area contributed by atoms with E-state index in [9.17, 15) is 0 Å². The van der Waals surface area contributed by atoms with Gasteiger partial charge in [0.1, 0.15) is 5.75 Å². The van der Waals surface area contributed by atoms with Crippen LogP contribution in [-0.2, 0) is 0 Å². The molecule has 2 nitrogen and oxygen atoms in total. The van der Waals surface area contributed by atoms with Crippen molar-refractivity contribution >= 4 is 28.1 Å². The Bertz CT molecular complexity index is 551. The Morgan fingerprint density at radius 3 is 2.45 bits per heavy atom. The third-order valence-corrected chi connectivity index (χ3v) is 3.87. The molecule has 0 radical (unpaired) electrons. The SMILES string of the molecule is BrCCCCCCOc1ccc(/C=C/c2ccccn2)cc1. The number of alkyl halides is 1. The summed E-state index contributed by atoms with van der Waals surface area (Å²) in [5, 5.41) is 1.10. The largest absolute Gasteiger partial charge is 0.494 e. The third kappa shape index (κ3) is 6.44. The highest BCUT2D eigenvalue weighted by Gasteiger charge is 1.95. The summed E-state index contributed by atoms with van der Waals surface area (Å²) in [5.74, 6) is 0.940. The van der Waals surface area contributed by atoms with E-state index in [1.54, 1.807) is 6.20 Å². The number of aromatic nitrogens is 1. The molecule has 1 aromatic heterocycles. The number of rotatable bonds is 9. The highest BCUT2D eigenvalue weighted by atomic mass is 79.9. The van der Waals surface area contributed by atoms with Crippen LogP contribution in [0, 0.1) is 0 Å². The van der Waals surface area contributed by atoms with Crippen molar-refractivity contribution in [1.29, 1.82) is 0 Å². The van der Waals surface area contributed by atoms with Crippen LogP contribution in [0.3, 0.4) is 0 Å². The zero-order valence-electron chi connectivity index (χ0n) is 12.7. The van der Waals surface area contributed by atoms with Crippen LogP contribution in [0.5, 0.6) is 5.75 Å². The Morgan fingerprint density at radius 2 is 1.73 bits per heavy atom. The van der Waals surface area contributed by atoms with Crippen LogP contribution in [0.4, 0.5) is 0 Å². The monoisotopic (exact) mass is 359 g/mol. The molecule has 0 saturated carbocycles. The summed E-state index contributed by atoms with van der Waals surface area (Å²) in [7, 11) is 0. The molecule has 0 aliphatic rings. The first kappa shape index (κ1) is 16.8. The van der Waals surface area contributed by atoms with E-state index in [1.807, 2.05) is 36.4 Å². The topological polar surface area (TPSA) is 22.1 Å². The van der Waals surface area contributed by atoms with Gasteiger partial charge < -0.3 is 4.74 Å². The molecule has 3 heteroatoms. The zero-order valence-corrected chi connectivity index (χ0v) is 14.3. The smallest absolute Gasteiger partial charge is 0.119 e. The minimum Gasteiger partial charge on any atom is -0.494 e. The molecule has 2 aromatic rings. The average molecular weight is 360 g/mol. The molecule has 1 aromatic carbocycles. The lowest BCUT2D eigenvalue weighted by molar-refractivity contribution is 0.305. The fraction of sp³-hybridized carbons (Fsp3) is 0.316. The summed E-state index contributed by atoms with van der Waals surface area (Å²) in [5.41, 5.74) is 2.11. The number of benzene rings is 1. The molecule has 0 N–H and O–H groups in total. The highest BCUT2D eigenvalue weighted by Crippen LogP contribution is 2.15. The van der Waals surface area contributed by atoms with Crippen molar-refractivity contribution in [1.82, 2.24) is 4.98 Å². The Balaban J connectivity index is 1.74. The molecule has 0 bridgehead atoms. The Hall–Kier alpha value is -1.61. The van der Waals surface area contributed by atoms with Crippen LogP contribution >= 0.6 is 15.9 Å². The van der Waals surface area contributed by atoms with E-state index in [0.717, 1.165) is 35.4 Å². The summed E-state index contributed by atoms with van der Waals surface area (Å²) in [6.45, 7) is 0.797. The van der Waals surface area contributed by atoms with E-state index in [4.69, 9.17) is 4.74 Å². The van der Waals surface area contributed by atoms with Gasteiger partial charge in [0.05, 0.1) is 12.3 Å². The Kier molecular flexibility index (Phi) is 7.75. The lowest BCUT2D eigenvalue weighted by atomic mass is 10.2. The van der Waals surface area contributed by atoms with E-state index in [2.05, 4.69) is 39.1 Å². The molecular formula is C19H22BrNO. The molecule has 0 aliphatic heterocycles. The molecule has 0 fully saturated rings. The first-order chi connectivity index (χ1) is 10.9. The predicted molar refractivity (Wildman–Crippen MR) is 97.4 cm³/mol. The fourth-order valence-corrected chi connectivity index (χ4v) is 2.47. The van der Waals surface area contributed by atoms with E-state index in [0.29, 0.717) is 0 Å². The number of hydrogen-bond donors (Lipinski definition) is 0. The normalized spacial score (nSPS) is 11.0. The van der Waals surface area contributed by atoms with Crippen molar-refractivity contribution in [3.8, 4) is 5.75 Å². The molecule has 0 amide bonds. The number of hydrogen-bond acceptors (Lipinski definition) is 2. The Morgan fingerprint density at radius 1 is 0.909 bits per heavy atom. The number of nitrogens with zero attached hydrogens (tertiary/aromatic N) is 1. The van der Waals surface area contributed by atoms with Crippen molar-refractivity contribution in [2.45, 2.75) is 25.7 Å². The van der Waals surface area contributed by atoms with E-state index >= 15 is 0 Å². The van der Waals surface area contributed by atoms with E-state index in [-0.39, 0.29) is 0 Å². The van der Waals surface area contributed by atoms with Gasteiger partial charge in [-0.2, -0.15) is 0 Å². The van der Waals surface area contributed by atoms with Crippen LogP contribution in [0.1, 0.15) is 36.9 Å². The summed E-state index contributed by atoms with van der Waals surface area (Å²) in [6.07, 6.45) is 10.7. The van der Waals surface area contributed by atoms with Crippen molar-refractivity contribution in [3.05, 3.63) is 59.9 Å². The van der Waals surface area contributed by atoms with Gasteiger partial charge in [0.15, 0.2) is 0 Å². The van der Waals surface area contributed by atoms with Crippen LogP contribution in [-0.4, -0.2) is 16.9 Å². The second-order valence-corrected chi connectivity index (χ2v) is 5.90. The van der Waals surface area contributed by atoms with Crippen LogP contribution in [0.15, 0.2) is 48.7 Å². The summed E-state index contributed by atoms with van der Waals surface area (Å²) in [4.78, 5) is 4.27. The molecular weight excluding hydrogens is 338 g/mol. The van der Waals surface area contributed by atoms with Gasteiger partial charge in [0.25, 0.3) is 0 Å². The average Bonchev–Trinajstić information content (AvgIpc) is 2.58. The third-order valence-electron chi connectivity index (χ3n) is 3.31. The molecule has 0 aliphatic carbocycles. The molecule has 22 heavy (non-hydrogen) atoms. The van der Waals surface area contributed by atoms with Crippen molar-refractivity contribution in [2.75, 3.05) is 11.9 Å². The molecule has 0 atom stereocenters. The molecule has 0 unspecified atom stereocenters. The van der Waals surface area contributed by atoms with Crippen LogP contribution < -0.4 is 4.74 Å². The lowest BCUT2D eigenvalue weighted by Crippen LogP contribution is -1.97. The minimum atomic E-state index is 0.797. The number of ether oxygens (including phenoxy) is 1. The zero-order chi connectivity index (χ0) is 15.5. The van der Waals surface area contributed by atoms with Crippen molar-refractivity contribution in [3.63, 3.8) is 0 Å². The van der Waals surface area contributed by atoms with Gasteiger partial charge in [-0.15, -0.1) is 0 Å². The van der Waals surface area contributed by atoms with E-state index < -0.39 is 0 Å². The lowest BCUT2D eigenvalue weighted by Gasteiger charge is -2.06. The number of halogens is 1. The first-order valence-corrected chi connectivity index (χ1v) is 8.88. The van der Waals surface area contributed by atoms with Crippen LogP contribution in [0.25, 0.3) is 12.2 Å². The fourth-order valence-electron chi connectivity index (χ4n) is 2.07. The van der Waals surface area contributed by atoms with Gasteiger partial charge in [0, 0.05) is 11.5 Å². The maximum atomic E-state index is 5.76. The maximum Gasteiger partial charge on any atom is 0.119 e. The van der Waals surface area contributed by atoms with Crippen LogP contribution in [0.2, 0.25) is 0 Å². The highest BCUT2D eigenvalue weighted by molar-refractivity contribution is 9.09. The molecule has 2 rings (SSSR count). The first-order valence-electron chi connectivity index (χ1n) is 7.76. The predicted octanol–water partition coefficient (Wildman–Crippen LogP) is 5.59. The van der Waals surface area contributed by atoms with Crippen molar-refractivity contribution in [2.24, 2.45) is 0 Å². The summed E-state index contributed by atoms with van der Waals surface area (Å²) < 4.78 is 5.76. The quantitative estimate of drug-likeness (QED) is 0.430. The van der Waals surface area contributed by atoms with E-state index in [1.165, 1.54) is 19.3 Å². The Labute approximate surface area is 141 Å². The molecule has 1 heterocycles. The van der Waals surface area contributed by atoms with Gasteiger partial charge in [0.2, 0.25) is 0 Å². The van der Waals surface area contributed by atoms with Gasteiger partial charge in [-0.1, -0.05) is 53.0 Å². The number of pyridine rings is 1. The molecule has 0 spiro atoms. The van der Waals surface area contributed by atoms with Gasteiger partial charge >= 0.3 is 0 Å². The maximum absolute atomic E-state index is 5.76. The molecule has 0 saturated heterocycles. The molecule has 116 valence electrons. The standard InChI is InChI=1S/C19H22BrNO/c20-14-4-1-2-6-16-22-19-12-9-17(10-13-19)8-11-18-7-3-5-15-21-18/h3,5,7-13,15H,1-2,4,6,14,16H2/b11-8+. The summed E-state index contributed by atoms with van der Waals surface area (Å²) in [6, 6.07) is 14.1. The summed E-state index contributed by atoms with van der Waals surface area (Å²) >= 11 is 3.45. The second kappa shape index (κ2) is 10.2. The van der Waals surface area contributed by atoms with Gasteiger partial charge in [-0.05, 0) is 48.7 Å². The second-order valence-electron chi connectivity index (χ2n) is 5.11. The van der Waals surface area contributed by atoms with Gasteiger partial charge in [-0.25, -0.2) is 0 Å². The van der Waals surface area contributed by atoms with Crippen molar-refractivity contribution < 1.29 is 4.74 Å². The van der Waals surface area contributed by atoms with Gasteiger partial charge in [-0.3, -0.25) is 4.98 Å². The minimum absolute atomic E-state index is 0.797. The number of unbranched alkanes of at least 4 members (excludes halogenated alkanes) is 3.